The zero-order chi connectivity index (χ0) is 19.2. The summed E-state index contributed by atoms with van der Waals surface area (Å²) in [6.07, 6.45) is 3.19. The predicted octanol–water partition coefficient (Wildman–Crippen LogP) is 3.32. The number of nitrogens with zero attached hydrogens (tertiary/aromatic N) is 4. The second-order valence-corrected chi connectivity index (χ2v) is 6.68. The van der Waals surface area contributed by atoms with Gasteiger partial charge in [0.1, 0.15) is 5.75 Å². The van der Waals surface area contributed by atoms with Crippen LogP contribution in [-0.4, -0.2) is 33.2 Å². The van der Waals surface area contributed by atoms with Gasteiger partial charge in [0.2, 0.25) is 5.91 Å². The molecule has 27 heavy (non-hydrogen) atoms. The van der Waals surface area contributed by atoms with Crippen molar-refractivity contribution < 1.29 is 9.53 Å². The first-order valence-corrected chi connectivity index (χ1v) is 9.03. The quantitative estimate of drug-likeness (QED) is 0.610. The summed E-state index contributed by atoms with van der Waals surface area (Å²) in [5.41, 5.74) is 1.67. The number of rotatable bonds is 6. The molecule has 0 spiro atoms. The summed E-state index contributed by atoms with van der Waals surface area (Å²) < 4.78 is 7.69. The van der Waals surface area contributed by atoms with Gasteiger partial charge in [0.25, 0.3) is 0 Å². The molecule has 1 N–H and O–H groups in total. The normalized spacial score (nSPS) is 12.1. The maximum absolute atomic E-state index is 12.3. The van der Waals surface area contributed by atoms with Crippen LogP contribution in [0.4, 0.5) is 0 Å². The number of benzene rings is 2. The maximum Gasteiger partial charge on any atom is 0.244 e. The Bertz CT molecular complexity index is 970. The van der Waals surface area contributed by atoms with Gasteiger partial charge in [-0.15, -0.1) is 5.10 Å². The van der Waals surface area contributed by atoms with Crippen LogP contribution >= 0.6 is 15.9 Å². The monoisotopic (exact) mass is 427 g/mol. The molecule has 0 aliphatic rings. The van der Waals surface area contributed by atoms with E-state index in [9.17, 15) is 4.79 Å². The molecule has 0 saturated heterocycles. The Morgan fingerprint density at radius 2 is 2.07 bits per heavy atom. The number of aromatic nitrogens is 4. The van der Waals surface area contributed by atoms with E-state index in [1.54, 1.807) is 17.9 Å². The summed E-state index contributed by atoms with van der Waals surface area (Å²) in [6.45, 7) is 1.83. The van der Waals surface area contributed by atoms with Gasteiger partial charge >= 0.3 is 0 Å². The number of carbonyl (C=O) groups is 1. The lowest BCUT2D eigenvalue weighted by atomic mass is 10.2. The molecule has 0 fully saturated rings. The molecule has 1 heterocycles. The number of amides is 1. The van der Waals surface area contributed by atoms with Crippen molar-refractivity contribution >= 4 is 27.9 Å². The minimum atomic E-state index is -0.374. The minimum Gasteiger partial charge on any atom is -0.497 e. The Balaban J connectivity index is 1.70. The van der Waals surface area contributed by atoms with Crippen LogP contribution in [0.2, 0.25) is 0 Å². The molecular formula is C19H18BrN5O2. The lowest BCUT2D eigenvalue weighted by Gasteiger charge is -2.12. The molecule has 2 aromatic carbocycles. The molecule has 1 unspecified atom stereocenters. The first-order valence-electron chi connectivity index (χ1n) is 8.23. The fourth-order valence-corrected chi connectivity index (χ4v) is 2.89. The molecular weight excluding hydrogens is 410 g/mol. The van der Waals surface area contributed by atoms with Gasteiger partial charge in [-0.25, -0.2) is 0 Å². The molecule has 1 aromatic heterocycles. The van der Waals surface area contributed by atoms with Crippen LogP contribution in [0.25, 0.3) is 11.8 Å². The second-order valence-electron chi connectivity index (χ2n) is 5.77. The summed E-state index contributed by atoms with van der Waals surface area (Å²) in [6, 6.07) is 14.7. The smallest absolute Gasteiger partial charge is 0.244 e. The van der Waals surface area contributed by atoms with Crippen molar-refractivity contribution in [2.45, 2.75) is 13.0 Å². The van der Waals surface area contributed by atoms with E-state index in [0.29, 0.717) is 5.82 Å². The van der Waals surface area contributed by atoms with Crippen molar-refractivity contribution in [3.05, 3.63) is 70.5 Å². The van der Waals surface area contributed by atoms with Gasteiger partial charge in [-0.05, 0) is 59.3 Å². The van der Waals surface area contributed by atoms with Crippen molar-refractivity contribution in [2.24, 2.45) is 0 Å². The van der Waals surface area contributed by atoms with E-state index in [1.807, 2.05) is 55.5 Å². The Kier molecular flexibility index (Phi) is 5.97. The Hall–Kier alpha value is -3.00. The topological polar surface area (TPSA) is 81.9 Å². The molecule has 7 nitrogen and oxygen atoms in total. The molecule has 1 amide bonds. The zero-order valence-electron chi connectivity index (χ0n) is 14.8. The molecule has 0 saturated carbocycles. The first-order chi connectivity index (χ1) is 13.1. The molecule has 3 aromatic rings. The molecule has 0 aliphatic heterocycles. The van der Waals surface area contributed by atoms with Crippen LogP contribution < -0.4 is 10.1 Å². The number of methoxy groups -OCH3 is 1. The molecule has 0 bridgehead atoms. The Labute approximate surface area is 165 Å². The number of carbonyl (C=O) groups excluding carboxylic acids is 1. The average Bonchev–Trinajstić information content (AvgIpc) is 3.16. The Morgan fingerprint density at radius 3 is 2.85 bits per heavy atom. The first kappa shape index (κ1) is 18.8. The van der Waals surface area contributed by atoms with Crippen LogP contribution in [0, 0.1) is 0 Å². The van der Waals surface area contributed by atoms with Crippen LogP contribution in [-0.2, 0) is 4.79 Å². The SMILES string of the molecule is COc1cccc(/C=C/C(=O)NC(C)c2nnnn2-c2cccc(Br)c2)c1. The van der Waals surface area contributed by atoms with Crippen molar-refractivity contribution in [1.82, 2.24) is 25.5 Å². The third-order valence-electron chi connectivity index (χ3n) is 3.81. The van der Waals surface area contributed by atoms with Gasteiger partial charge < -0.3 is 10.1 Å². The summed E-state index contributed by atoms with van der Waals surface area (Å²) in [7, 11) is 1.60. The third-order valence-corrected chi connectivity index (χ3v) is 4.31. The molecule has 8 heteroatoms. The number of halogens is 1. The number of nitrogens with one attached hydrogen (secondary N) is 1. The van der Waals surface area contributed by atoms with Gasteiger partial charge in [-0.1, -0.05) is 34.1 Å². The number of tetrazole rings is 1. The summed E-state index contributed by atoms with van der Waals surface area (Å²) in [5, 5.41) is 14.7. The van der Waals surface area contributed by atoms with E-state index in [2.05, 4.69) is 36.8 Å². The van der Waals surface area contributed by atoms with Crippen LogP contribution in [0.5, 0.6) is 5.75 Å². The fraction of sp³-hybridized carbons (Fsp3) is 0.158. The number of hydrogen-bond acceptors (Lipinski definition) is 5. The molecule has 3 rings (SSSR count). The average molecular weight is 428 g/mol. The largest absolute Gasteiger partial charge is 0.497 e. The van der Waals surface area contributed by atoms with E-state index >= 15 is 0 Å². The van der Waals surface area contributed by atoms with Crippen molar-refractivity contribution in [3.8, 4) is 11.4 Å². The van der Waals surface area contributed by atoms with Crippen molar-refractivity contribution in [1.29, 1.82) is 0 Å². The van der Waals surface area contributed by atoms with Gasteiger partial charge in [-0.2, -0.15) is 4.68 Å². The second kappa shape index (κ2) is 8.59. The molecule has 1 atom stereocenters. The molecule has 138 valence electrons. The molecule has 0 radical (unpaired) electrons. The third kappa shape index (κ3) is 4.79. The highest BCUT2D eigenvalue weighted by molar-refractivity contribution is 9.10. The maximum atomic E-state index is 12.3. The van der Waals surface area contributed by atoms with Gasteiger partial charge in [0.15, 0.2) is 5.82 Å². The van der Waals surface area contributed by atoms with Crippen molar-refractivity contribution in [2.75, 3.05) is 7.11 Å². The van der Waals surface area contributed by atoms with Gasteiger partial charge in [-0.3, -0.25) is 4.79 Å². The lowest BCUT2D eigenvalue weighted by molar-refractivity contribution is -0.117. The van der Waals surface area contributed by atoms with E-state index in [1.165, 1.54) is 6.08 Å². The lowest BCUT2D eigenvalue weighted by Crippen LogP contribution is -2.27. The Morgan fingerprint density at radius 1 is 1.26 bits per heavy atom. The highest BCUT2D eigenvalue weighted by Gasteiger charge is 2.17. The van der Waals surface area contributed by atoms with E-state index < -0.39 is 0 Å². The summed E-state index contributed by atoms with van der Waals surface area (Å²) in [4.78, 5) is 12.3. The highest BCUT2D eigenvalue weighted by Crippen LogP contribution is 2.18. The number of hydrogen-bond donors (Lipinski definition) is 1. The number of ether oxygens (including phenoxy) is 1. The minimum absolute atomic E-state index is 0.242. The summed E-state index contributed by atoms with van der Waals surface area (Å²) in [5.74, 6) is 1.03. The summed E-state index contributed by atoms with van der Waals surface area (Å²) >= 11 is 3.43. The van der Waals surface area contributed by atoms with Crippen LogP contribution in [0.3, 0.4) is 0 Å². The van der Waals surface area contributed by atoms with Crippen LogP contribution in [0.15, 0.2) is 59.1 Å². The zero-order valence-corrected chi connectivity index (χ0v) is 16.4. The van der Waals surface area contributed by atoms with E-state index in [4.69, 9.17) is 4.74 Å². The highest BCUT2D eigenvalue weighted by atomic mass is 79.9. The standard InChI is InChI=1S/C19H18BrN5O2/c1-13(19-22-23-24-25(19)16-7-4-6-15(20)12-16)21-18(26)10-9-14-5-3-8-17(11-14)27-2/h3-13H,1-2H3,(H,21,26)/b10-9+. The fourth-order valence-electron chi connectivity index (χ4n) is 2.50. The van der Waals surface area contributed by atoms with Crippen LogP contribution in [0.1, 0.15) is 24.4 Å². The van der Waals surface area contributed by atoms with Gasteiger partial charge in [0.05, 0.1) is 18.8 Å². The predicted molar refractivity (Wildman–Crippen MR) is 105 cm³/mol. The van der Waals surface area contributed by atoms with Crippen molar-refractivity contribution in [3.63, 3.8) is 0 Å². The van der Waals surface area contributed by atoms with E-state index in [-0.39, 0.29) is 11.9 Å². The molecule has 0 aliphatic carbocycles. The van der Waals surface area contributed by atoms with Gasteiger partial charge in [0, 0.05) is 10.5 Å². The van der Waals surface area contributed by atoms with E-state index in [0.717, 1.165) is 21.5 Å².